The second kappa shape index (κ2) is 3.66. The molecule has 0 aromatic heterocycles. The molecule has 0 unspecified atom stereocenters. The maximum atomic E-state index is 5.13. The molecule has 15 heavy (non-hydrogen) atoms. The van der Waals surface area contributed by atoms with Gasteiger partial charge in [-0.15, -0.1) is 0 Å². The molecule has 3 nitrogen and oxygen atoms in total. The largest absolute Gasteiger partial charge is 0.497 e. The number of rotatable bonds is 2. The van der Waals surface area contributed by atoms with Crippen LogP contribution in [0.25, 0.3) is 0 Å². The number of quaternary nitrogens is 1. The molecule has 0 radical (unpaired) electrons. The number of ether oxygens (including phenoxy) is 1. The van der Waals surface area contributed by atoms with E-state index in [1.807, 2.05) is 12.1 Å². The van der Waals surface area contributed by atoms with Gasteiger partial charge in [-0.25, -0.2) is 4.59 Å². The second-order valence-corrected chi connectivity index (χ2v) is 4.37. The summed E-state index contributed by atoms with van der Waals surface area (Å²) in [5, 5.41) is 4.66. The highest BCUT2D eigenvalue weighted by atomic mass is 16.5. The van der Waals surface area contributed by atoms with E-state index in [1.54, 1.807) is 7.11 Å². The highest BCUT2D eigenvalue weighted by Gasteiger charge is 2.25. The summed E-state index contributed by atoms with van der Waals surface area (Å²) >= 11 is 0. The summed E-state index contributed by atoms with van der Waals surface area (Å²) in [5.41, 5.74) is 2.40. The molecule has 0 bridgehead atoms. The molecule has 1 heterocycles. The van der Waals surface area contributed by atoms with Gasteiger partial charge in [0.15, 0.2) is 0 Å². The van der Waals surface area contributed by atoms with Crippen LogP contribution in [0.5, 0.6) is 5.75 Å². The zero-order valence-corrected chi connectivity index (χ0v) is 9.53. The van der Waals surface area contributed by atoms with E-state index in [0.717, 1.165) is 23.3 Å². The van der Waals surface area contributed by atoms with Gasteiger partial charge in [-0.05, 0) is 24.3 Å². The Hall–Kier alpha value is -1.35. The Kier molecular flexibility index (Phi) is 2.49. The minimum atomic E-state index is 0.737. The fourth-order valence-corrected chi connectivity index (χ4v) is 1.79. The van der Waals surface area contributed by atoms with Gasteiger partial charge in [-0.3, -0.25) is 0 Å². The fraction of sp³-hybridized carbons (Fsp3) is 0.417. The van der Waals surface area contributed by atoms with Gasteiger partial charge in [-0.2, -0.15) is 0 Å². The van der Waals surface area contributed by atoms with Crippen molar-refractivity contribution >= 4 is 5.71 Å². The molecule has 3 heteroatoms. The van der Waals surface area contributed by atoms with Gasteiger partial charge in [0.2, 0.25) is 0 Å². The maximum absolute atomic E-state index is 5.13. The second-order valence-electron chi connectivity index (χ2n) is 4.37. The standard InChI is InChI=1S/C12H17N2O/c1-14(2)9-8-12(13-14)10-4-6-11(15-3)7-5-10/h4-7H,8-9H2,1-3H3/q+1. The topological polar surface area (TPSA) is 21.6 Å². The van der Waals surface area contributed by atoms with Crippen molar-refractivity contribution < 1.29 is 9.33 Å². The van der Waals surface area contributed by atoms with Crippen LogP contribution in [-0.4, -0.2) is 38.1 Å². The van der Waals surface area contributed by atoms with Crippen LogP contribution < -0.4 is 4.74 Å². The molecule has 2 rings (SSSR count). The normalized spacial score (nSPS) is 18.7. The third-order valence-electron chi connectivity index (χ3n) is 2.71. The van der Waals surface area contributed by atoms with Crippen molar-refractivity contribution in [1.29, 1.82) is 0 Å². The van der Waals surface area contributed by atoms with Crippen LogP contribution in [0.2, 0.25) is 0 Å². The van der Waals surface area contributed by atoms with Crippen molar-refractivity contribution in [2.45, 2.75) is 6.42 Å². The Morgan fingerprint density at radius 3 is 2.33 bits per heavy atom. The van der Waals surface area contributed by atoms with Crippen molar-refractivity contribution in [3.05, 3.63) is 29.8 Å². The number of hydrogen-bond donors (Lipinski definition) is 0. The average Bonchev–Trinajstić information content (AvgIpc) is 2.59. The van der Waals surface area contributed by atoms with Crippen molar-refractivity contribution in [2.24, 2.45) is 5.10 Å². The van der Waals surface area contributed by atoms with Crippen LogP contribution in [0.4, 0.5) is 0 Å². The van der Waals surface area contributed by atoms with Gasteiger partial charge in [0, 0.05) is 12.0 Å². The van der Waals surface area contributed by atoms with Gasteiger partial charge >= 0.3 is 0 Å². The molecule has 1 aliphatic heterocycles. The number of hydrogen-bond acceptors (Lipinski definition) is 2. The molecular formula is C12H17N2O+. The van der Waals surface area contributed by atoms with Crippen molar-refractivity contribution in [2.75, 3.05) is 27.7 Å². The molecular weight excluding hydrogens is 188 g/mol. The third-order valence-corrected chi connectivity index (χ3v) is 2.71. The van der Waals surface area contributed by atoms with E-state index in [2.05, 4.69) is 31.3 Å². The van der Waals surface area contributed by atoms with Crippen LogP contribution in [-0.2, 0) is 0 Å². The van der Waals surface area contributed by atoms with Crippen LogP contribution in [0, 0.1) is 0 Å². The monoisotopic (exact) mass is 205 g/mol. The SMILES string of the molecule is COc1ccc(C2=N[N+](C)(C)CC2)cc1. The zero-order chi connectivity index (χ0) is 10.9. The molecule has 0 amide bonds. The molecule has 0 spiro atoms. The Morgan fingerprint density at radius 1 is 1.20 bits per heavy atom. The van der Waals surface area contributed by atoms with Crippen LogP contribution >= 0.6 is 0 Å². The number of methoxy groups -OCH3 is 1. The molecule has 0 aliphatic carbocycles. The average molecular weight is 205 g/mol. The van der Waals surface area contributed by atoms with E-state index in [0.29, 0.717) is 0 Å². The summed E-state index contributed by atoms with van der Waals surface area (Å²) in [6, 6.07) is 8.11. The summed E-state index contributed by atoms with van der Waals surface area (Å²) in [6.07, 6.45) is 1.05. The summed E-state index contributed by atoms with van der Waals surface area (Å²) in [6.45, 7) is 1.08. The van der Waals surface area contributed by atoms with Gasteiger partial charge < -0.3 is 4.74 Å². The van der Waals surface area contributed by atoms with Crippen molar-refractivity contribution in [3.8, 4) is 5.75 Å². The molecule has 1 aromatic carbocycles. The highest BCUT2D eigenvalue weighted by molar-refractivity contribution is 6.00. The predicted molar refractivity (Wildman–Crippen MR) is 61.1 cm³/mol. The molecule has 0 atom stereocenters. The Morgan fingerprint density at radius 2 is 1.87 bits per heavy atom. The van der Waals surface area contributed by atoms with E-state index in [-0.39, 0.29) is 0 Å². The zero-order valence-electron chi connectivity index (χ0n) is 9.53. The van der Waals surface area contributed by atoms with E-state index in [4.69, 9.17) is 4.74 Å². The molecule has 80 valence electrons. The first kappa shape index (κ1) is 10.2. The third kappa shape index (κ3) is 2.18. The fourth-order valence-electron chi connectivity index (χ4n) is 1.79. The van der Waals surface area contributed by atoms with Gasteiger partial charge in [0.25, 0.3) is 0 Å². The smallest absolute Gasteiger partial charge is 0.118 e. The summed E-state index contributed by atoms with van der Waals surface area (Å²) in [5.74, 6) is 0.895. The Balaban J connectivity index is 2.24. The molecule has 0 saturated carbocycles. The van der Waals surface area contributed by atoms with Gasteiger partial charge in [0.1, 0.15) is 18.0 Å². The quantitative estimate of drug-likeness (QED) is 0.675. The Labute approximate surface area is 90.6 Å². The van der Waals surface area contributed by atoms with E-state index in [9.17, 15) is 0 Å². The van der Waals surface area contributed by atoms with E-state index in [1.165, 1.54) is 11.3 Å². The minimum Gasteiger partial charge on any atom is -0.497 e. The van der Waals surface area contributed by atoms with E-state index < -0.39 is 0 Å². The van der Waals surface area contributed by atoms with Crippen molar-refractivity contribution in [1.82, 2.24) is 0 Å². The molecule has 1 aliphatic rings. The minimum absolute atomic E-state index is 0.737. The molecule has 0 fully saturated rings. The van der Waals surface area contributed by atoms with E-state index >= 15 is 0 Å². The first-order valence-electron chi connectivity index (χ1n) is 5.17. The van der Waals surface area contributed by atoms with Crippen LogP contribution in [0.1, 0.15) is 12.0 Å². The van der Waals surface area contributed by atoms with Gasteiger partial charge in [-0.1, -0.05) is 5.10 Å². The molecule has 0 saturated heterocycles. The van der Waals surface area contributed by atoms with Crippen molar-refractivity contribution in [3.63, 3.8) is 0 Å². The Bertz CT molecular complexity index is 379. The highest BCUT2D eigenvalue weighted by Crippen LogP contribution is 2.19. The lowest BCUT2D eigenvalue weighted by Gasteiger charge is -2.15. The lowest BCUT2D eigenvalue weighted by molar-refractivity contribution is -0.890. The molecule has 1 aromatic rings. The van der Waals surface area contributed by atoms with Crippen LogP contribution in [0.15, 0.2) is 29.4 Å². The predicted octanol–water partition coefficient (Wildman–Crippen LogP) is 1.88. The first-order chi connectivity index (χ1) is 7.11. The number of nitrogens with zero attached hydrogens (tertiary/aromatic N) is 2. The van der Waals surface area contributed by atoms with Gasteiger partial charge in [0.05, 0.1) is 21.2 Å². The molecule has 0 N–H and O–H groups in total. The van der Waals surface area contributed by atoms with Crippen LogP contribution in [0.3, 0.4) is 0 Å². The summed E-state index contributed by atoms with van der Waals surface area (Å²) in [7, 11) is 5.93. The maximum Gasteiger partial charge on any atom is 0.118 e. The number of benzene rings is 1. The summed E-state index contributed by atoms with van der Waals surface area (Å²) < 4.78 is 5.87. The summed E-state index contributed by atoms with van der Waals surface area (Å²) in [4.78, 5) is 0. The first-order valence-corrected chi connectivity index (χ1v) is 5.17. The lowest BCUT2D eigenvalue weighted by Crippen LogP contribution is -2.29. The lowest BCUT2D eigenvalue weighted by atomic mass is 10.1.